The van der Waals surface area contributed by atoms with E-state index in [1.807, 2.05) is 24.4 Å². The molecule has 0 spiro atoms. The highest BCUT2D eigenvalue weighted by molar-refractivity contribution is 7.15. The number of aromatic nitrogens is 2. The largest absolute Gasteiger partial charge is 0.449 e. The second-order valence-corrected chi connectivity index (χ2v) is 7.13. The van der Waals surface area contributed by atoms with Gasteiger partial charge in [0.1, 0.15) is 5.01 Å². The van der Waals surface area contributed by atoms with E-state index in [-0.39, 0.29) is 0 Å². The van der Waals surface area contributed by atoms with Gasteiger partial charge in [0.05, 0.1) is 12.3 Å². The number of carbonyl (C=O) groups is 1. The molecule has 1 aliphatic heterocycles. The number of hydrogen-bond donors (Lipinski definition) is 1. The Hall–Kier alpha value is -1.99. The van der Waals surface area contributed by atoms with Crippen LogP contribution in [0.15, 0.2) is 30.6 Å². The summed E-state index contributed by atoms with van der Waals surface area (Å²) < 4.78 is 4.92. The van der Waals surface area contributed by atoms with Crippen LogP contribution in [0.1, 0.15) is 30.7 Å². The normalized spacial score (nSPS) is 17.5. The van der Waals surface area contributed by atoms with Gasteiger partial charge in [0, 0.05) is 23.3 Å². The van der Waals surface area contributed by atoms with Gasteiger partial charge in [-0.2, -0.15) is 0 Å². The molecule has 1 atom stereocenters. The first kappa shape index (κ1) is 16.9. The zero-order chi connectivity index (χ0) is 16.9. The molecule has 1 unspecified atom stereocenters. The van der Waals surface area contributed by atoms with Crippen molar-refractivity contribution < 1.29 is 9.53 Å². The highest BCUT2D eigenvalue weighted by Gasteiger charge is 2.25. The average Bonchev–Trinajstić information content (AvgIpc) is 3.10. The zero-order valence-electron chi connectivity index (χ0n) is 13.7. The predicted molar refractivity (Wildman–Crippen MR) is 93.6 cm³/mol. The summed E-state index contributed by atoms with van der Waals surface area (Å²) in [5, 5.41) is 0.960. The molecule has 0 saturated carbocycles. The minimum absolute atomic E-state index is 0.331. The van der Waals surface area contributed by atoms with E-state index < -0.39 is 6.09 Å². The van der Waals surface area contributed by atoms with E-state index in [9.17, 15) is 4.79 Å². The van der Waals surface area contributed by atoms with Crippen molar-refractivity contribution in [2.45, 2.75) is 25.8 Å². The van der Waals surface area contributed by atoms with Crippen LogP contribution in [0.2, 0.25) is 0 Å². The summed E-state index contributed by atoms with van der Waals surface area (Å²) in [6, 6.07) is 6.20. The van der Waals surface area contributed by atoms with Crippen molar-refractivity contribution in [1.82, 2.24) is 14.9 Å². The molecule has 6 nitrogen and oxygen atoms in total. The molecule has 1 fully saturated rings. The second-order valence-electron chi connectivity index (χ2n) is 6.07. The first-order chi connectivity index (χ1) is 11.6. The third kappa shape index (κ3) is 4.10. The van der Waals surface area contributed by atoms with Crippen molar-refractivity contribution in [2.24, 2.45) is 11.7 Å². The molecule has 3 rings (SSSR count). The number of hydrogen-bond acceptors (Lipinski definition) is 6. The van der Waals surface area contributed by atoms with Gasteiger partial charge in [-0.05, 0) is 50.9 Å². The number of amides is 1. The number of pyridine rings is 1. The van der Waals surface area contributed by atoms with Crippen LogP contribution in [0, 0.1) is 5.92 Å². The minimum atomic E-state index is -0.683. The smallest absolute Gasteiger partial charge is 0.404 e. The number of primary amides is 1. The van der Waals surface area contributed by atoms with Crippen LogP contribution in [-0.2, 0) is 4.74 Å². The summed E-state index contributed by atoms with van der Waals surface area (Å²) in [6.07, 6.45) is 5.10. The Morgan fingerprint density at radius 2 is 2.21 bits per heavy atom. The molecule has 128 valence electrons. The molecule has 0 bridgehead atoms. The van der Waals surface area contributed by atoms with E-state index in [0.717, 1.165) is 36.6 Å². The molecule has 2 N–H and O–H groups in total. The molecule has 2 aromatic rings. The molecule has 24 heavy (non-hydrogen) atoms. The zero-order valence-corrected chi connectivity index (χ0v) is 14.5. The monoisotopic (exact) mass is 346 g/mol. The lowest BCUT2D eigenvalue weighted by Crippen LogP contribution is -2.37. The Bertz CT molecular complexity index is 668. The number of ether oxygens (including phenoxy) is 1. The molecule has 3 heterocycles. The molecule has 0 radical (unpaired) electrons. The van der Waals surface area contributed by atoms with Gasteiger partial charge in [-0.1, -0.05) is 6.07 Å². The summed E-state index contributed by atoms with van der Waals surface area (Å²) >= 11 is 1.70. The van der Waals surface area contributed by atoms with Crippen LogP contribution < -0.4 is 5.73 Å². The molecule has 7 heteroatoms. The number of thiazole rings is 1. The number of nitrogens with zero attached hydrogens (tertiary/aromatic N) is 3. The van der Waals surface area contributed by atoms with Crippen LogP contribution >= 0.6 is 11.3 Å². The van der Waals surface area contributed by atoms with Gasteiger partial charge in [0.2, 0.25) is 0 Å². The summed E-state index contributed by atoms with van der Waals surface area (Å²) in [5.41, 5.74) is 5.95. The number of likely N-dealkylation sites (tertiary alicyclic amines) is 1. The third-order valence-electron chi connectivity index (χ3n) is 4.48. The molecule has 1 amide bonds. The van der Waals surface area contributed by atoms with E-state index in [0.29, 0.717) is 18.6 Å². The fraction of sp³-hybridized carbons (Fsp3) is 0.471. The van der Waals surface area contributed by atoms with Gasteiger partial charge < -0.3 is 10.5 Å². The lowest BCUT2D eigenvalue weighted by Gasteiger charge is -2.35. The second kappa shape index (κ2) is 7.72. The van der Waals surface area contributed by atoms with E-state index in [4.69, 9.17) is 10.5 Å². The molecular weight excluding hydrogens is 324 g/mol. The summed E-state index contributed by atoms with van der Waals surface area (Å²) in [7, 11) is 0. The summed E-state index contributed by atoms with van der Waals surface area (Å²) in [4.78, 5) is 23.3. The SMILES string of the molecule is CC(c1cnc(-c2ccccn2)s1)N1CCC(COC(N)=O)CC1. The first-order valence-corrected chi connectivity index (χ1v) is 8.98. The van der Waals surface area contributed by atoms with Crippen LogP contribution in [0.25, 0.3) is 10.7 Å². The maximum atomic E-state index is 10.7. The Balaban J connectivity index is 1.57. The lowest BCUT2D eigenvalue weighted by atomic mass is 9.96. The summed E-state index contributed by atoms with van der Waals surface area (Å²) in [6.45, 7) is 4.63. The number of carbonyl (C=O) groups excluding carboxylic acids is 1. The van der Waals surface area contributed by atoms with Crippen LogP contribution in [-0.4, -0.2) is 40.7 Å². The fourth-order valence-corrected chi connectivity index (χ4v) is 3.95. The number of rotatable bonds is 5. The Labute approximate surface area is 145 Å². The highest BCUT2D eigenvalue weighted by Crippen LogP contribution is 2.32. The van der Waals surface area contributed by atoms with Crippen LogP contribution in [0.5, 0.6) is 0 Å². The van der Waals surface area contributed by atoms with Crippen molar-refractivity contribution >= 4 is 17.4 Å². The minimum Gasteiger partial charge on any atom is -0.449 e. The maximum Gasteiger partial charge on any atom is 0.404 e. The quantitative estimate of drug-likeness (QED) is 0.900. The van der Waals surface area contributed by atoms with Gasteiger partial charge in [-0.25, -0.2) is 9.78 Å². The van der Waals surface area contributed by atoms with Crippen LogP contribution in [0.3, 0.4) is 0 Å². The van der Waals surface area contributed by atoms with Crippen molar-refractivity contribution in [2.75, 3.05) is 19.7 Å². The maximum absolute atomic E-state index is 10.7. The predicted octanol–water partition coefficient (Wildman–Crippen LogP) is 3.07. The Morgan fingerprint density at radius 3 is 2.88 bits per heavy atom. The van der Waals surface area contributed by atoms with E-state index in [1.165, 1.54) is 4.88 Å². The Morgan fingerprint density at radius 1 is 1.42 bits per heavy atom. The van der Waals surface area contributed by atoms with Crippen LogP contribution in [0.4, 0.5) is 4.79 Å². The van der Waals surface area contributed by atoms with E-state index in [1.54, 1.807) is 17.5 Å². The first-order valence-electron chi connectivity index (χ1n) is 8.17. The molecule has 0 aliphatic carbocycles. The molecule has 0 aromatic carbocycles. The Kier molecular flexibility index (Phi) is 5.42. The van der Waals surface area contributed by atoms with Gasteiger partial charge in [0.25, 0.3) is 0 Å². The van der Waals surface area contributed by atoms with Gasteiger partial charge in [-0.15, -0.1) is 11.3 Å². The van der Waals surface area contributed by atoms with Gasteiger partial charge in [-0.3, -0.25) is 9.88 Å². The topological polar surface area (TPSA) is 81.3 Å². The third-order valence-corrected chi connectivity index (χ3v) is 5.67. The standard InChI is InChI=1S/C17H22N4O2S/c1-12(21-8-5-13(6-9-21)11-23-17(18)22)15-10-20-16(24-15)14-4-2-3-7-19-14/h2-4,7,10,12-13H,5-6,8-9,11H2,1H3,(H2,18,22). The fourth-order valence-electron chi connectivity index (χ4n) is 2.97. The van der Waals surface area contributed by atoms with Crippen molar-refractivity contribution in [3.8, 4) is 10.7 Å². The van der Waals surface area contributed by atoms with Crippen molar-refractivity contribution in [1.29, 1.82) is 0 Å². The molecule has 2 aromatic heterocycles. The molecular formula is C17H22N4O2S. The highest BCUT2D eigenvalue weighted by atomic mass is 32.1. The van der Waals surface area contributed by atoms with Gasteiger partial charge >= 0.3 is 6.09 Å². The molecule has 1 saturated heterocycles. The number of nitrogens with two attached hydrogens (primary N) is 1. The van der Waals surface area contributed by atoms with Crippen molar-refractivity contribution in [3.05, 3.63) is 35.5 Å². The molecule has 1 aliphatic rings. The van der Waals surface area contributed by atoms with Gasteiger partial charge in [0.15, 0.2) is 0 Å². The van der Waals surface area contributed by atoms with Crippen molar-refractivity contribution in [3.63, 3.8) is 0 Å². The van der Waals surface area contributed by atoms with E-state index >= 15 is 0 Å². The number of piperidine rings is 1. The summed E-state index contributed by atoms with van der Waals surface area (Å²) in [5.74, 6) is 0.409. The lowest BCUT2D eigenvalue weighted by molar-refractivity contribution is 0.0886. The average molecular weight is 346 g/mol. The van der Waals surface area contributed by atoms with E-state index in [2.05, 4.69) is 21.8 Å².